The van der Waals surface area contributed by atoms with Crippen LogP contribution in [0.3, 0.4) is 0 Å². The minimum atomic E-state index is -4.61. The van der Waals surface area contributed by atoms with Gasteiger partial charge in [0.05, 0.1) is 5.92 Å². The first kappa shape index (κ1) is 14.7. The Morgan fingerprint density at radius 1 is 1.52 bits per heavy atom. The molecule has 4 nitrogen and oxygen atoms in total. The molecule has 21 heavy (non-hydrogen) atoms. The molecule has 7 heteroatoms. The van der Waals surface area contributed by atoms with Crippen molar-refractivity contribution in [3.8, 4) is 0 Å². The van der Waals surface area contributed by atoms with Crippen molar-refractivity contribution < 1.29 is 32.2 Å². The molecular weight excluding hydrogens is 289 g/mol. The lowest BCUT2D eigenvalue weighted by atomic mass is 9.73. The van der Waals surface area contributed by atoms with Gasteiger partial charge in [0.15, 0.2) is 5.41 Å². The molecule has 3 aliphatic rings. The molecule has 0 spiro atoms. The summed E-state index contributed by atoms with van der Waals surface area (Å²) in [6.45, 7) is 3.53. The van der Waals surface area contributed by atoms with Gasteiger partial charge in [-0.15, -0.1) is 0 Å². The number of ether oxygens (including phenoxy) is 2. The SMILES string of the molecule is CCC(C)C(=O)OC1C2CC3C1OC(=O)C3(C(F)(F)F)C2. The first-order valence-corrected chi connectivity index (χ1v) is 7.20. The van der Waals surface area contributed by atoms with Gasteiger partial charge in [0.25, 0.3) is 0 Å². The second-order valence-corrected chi connectivity index (χ2v) is 6.36. The molecule has 0 aromatic heterocycles. The predicted molar refractivity (Wildman–Crippen MR) is 63.9 cm³/mol. The van der Waals surface area contributed by atoms with Crippen molar-refractivity contribution in [3.63, 3.8) is 0 Å². The van der Waals surface area contributed by atoms with Crippen molar-refractivity contribution in [2.75, 3.05) is 0 Å². The molecule has 1 saturated heterocycles. The Morgan fingerprint density at radius 2 is 2.19 bits per heavy atom. The van der Waals surface area contributed by atoms with Gasteiger partial charge in [-0.25, -0.2) is 0 Å². The van der Waals surface area contributed by atoms with Crippen molar-refractivity contribution in [1.29, 1.82) is 0 Å². The van der Waals surface area contributed by atoms with Crippen molar-refractivity contribution in [1.82, 2.24) is 0 Å². The number of carbonyl (C=O) groups excluding carboxylic acids is 2. The Hall–Kier alpha value is -1.27. The lowest BCUT2D eigenvalue weighted by Crippen LogP contribution is -2.48. The third kappa shape index (κ3) is 1.75. The van der Waals surface area contributed by atoms with Crippen LogP contribution >= 0.6 is 0 Å². The molecule has 1 aliphatic heterocycles. The van der Waals surface area contributed by atoms with Gasteiger partial charge in [0.1, 0.15) is 12.2 Å². The summed E-state index contributed by atoms with van der Waals surface area (Å²) in [5, 5.41) is 0. The van der Waals surface area contributed by atoms with Crippen molar-refractivity contribution in [2.45, 2.75) is 51.5 Å². The summed E-state index contributed by atoms with van der Waals surface area (Å²) < 4.78 is 50.3. The molecule has 0 N–H and O–H groups in total. The fourth-order valence-corrected chi connectivity index (χ4v) is 3.97. The Balaban J connectivity index is 1.82. The lowest BCUT2D eigenvalue weighted by Gasteiger charge is -2.33. The molecule has 3 fully saturated rings. The Morgan fingerprint density at radius 3 is 2.76 bits per heavy atom. The largest absolute Gasteiger partial charge is 0.458 e. The zero-order chi connectivity index (χ0) is 15.6. The second kappa shape index (κ2) is 4.36. The average molecular weight is 306 g/mol. The monoisotopic (exact) mass is 306 g/mol. The number of rotatable bonds is 3. The van der Waals surface area contributed by atoms with Gasteiger partial charge in [0.2, 0.25) is 0 Å². The van der Waals surface area contributed by atoms with Crippen molar-refractivity contribution in [2.24, 2.45) is 23.2 Å². The summed E-state index contributed by atoms with van der Waals surface area (Å²) in [4.78, 5) is 23.7. The molecule has 2 aliphatic carbocycles. The zero-order valence-electron chi connectivity index (χ0n) is 11.8. The number of fused-ring (bicyclic) bond motifs is 1. The van der Waals surface area contributed by atoms with Gasteiger partial charge >= 0.3 is 18.1 Å². The van der Waals surface area contributed by atoms with Crippen LogP contribution < -0.4 is 0 Å². The quantitative estimate of drug-likeness (QED) is 0.752. The molecule has 6 atom stereocenters. The van der Waals surface area contributed by atoms with Gasteiger partial charge in [-0.1, -0.05) is 13.8 Å². The van der Waals surface area contributed by atoms with Crippen molar-refractivity contribution in [3.05, 3.63) is 0 Å². The van der Waals surface area contributed by atoms with E-state index in [9.17, 15) is 22.8 Å². The minimum absolute atomic E-state index is 0.231. The number of esters is 2. The highest BCUT2D eigenvalue weighted by molar-refractivity contribution is 5.82. The van der Waals surface area contributed by atoms with E-state index in [1.165, 1.54) is 0 Å². The maximum atomic E-state index is 13.3. The summed E-state index contributed by atoms with van der Waals surface area (Å²) >= 11 is 0. The van der Waals surface area contributed by atoms with Crippen LogP contribution in [0.15, 0.2) is 0 Å². The van der Waals surface area contributed by atoms with E-state index in [4.69, 9.17) is 9.47 Å². The van der Waals surface area contributed by atoms with E-state index in [1.807, 2.05) is 6.92 Å². The highest BCUT2D eigenvalue weighted by Crippen LogP contribution is 2.67. The van der Waals surface area contributed by atoms with Crippen LogP contribution in [0, 0.1) is 23.2 Å². The van der Waals surface area contributed by atoms with Crippen LogP contribution in [0.4, 0.5) is 13.2 Å². The average Bonchev–Trinajstić information content (AvgIpc) is 2.99. The highest BCUT2D eigenvalue weighted by Gasteiger charge is 2.80. The van der Waals surface area contributed by atoms with E-state index >= 15 is 0 Å². The third-order valence-electron chi connectivity index (χ3n) is 5.34. The van der Waals surface area contributed by atoms with Crippen LogP contribution in [-0.2, 0) is 19.1 Å². The van der Waals surface area contributed by atoms with Gasteiger partial charge in [-0.3, -0.25) is 9.59 Å². The first-order valence-electron chi connectivity index (χ1n) is 7.20. The van der Waals surface area contributed by atoms with Crippen LogP contribution in [0.1, 0.15) is 33.1 Å². The van der Waals surface area contributed by atoms with E-state index in [0.29, 0.717) is 6.42 Å². The first-order chi connectivity index (χ1) is 9.72. The van der Waals surface area contributed by atoms with Crippen LogP contribution in [0.2, 0.25) is 0 Å². The Labute approximate surface area is 120 Å². The van der Waals surface area contributed by atoms with E-state index in [2.05, 4.69) is 0 Å². The summed E-state index contributed by atoms with van der Waals surface area (Å²) in [5.41, 5.74) is -2.37. The fourth-order valence-electron chi connectivity index (χ4n) is 3.97. The molecule has 2 bridgehead atoms. The molecular formula is C14H17F3O4. The summed E-state index contributed by atoms with van der Waals surface area (Å²) in [7, 11) is 0. The van der Waals surface area contributed by atoms with E-state index in [1.54, 1.807) is 6.92 Å². The topological polar surface area (TPSA) is 52.6 Å². The van der Waals surface area contributed by atoms with Crippen LogP contribution in [0.5, 0.6) is 0 Å². The number of alkyl halides is 3. The van der Waals surface area contributed by atoms with Gasteiger partial charge in [0, 0.05) is 11.8 Å². The third-order valence-corrected chi connectivity index (χ3v) is 5.34. The van der Waals surface area contributed by atoms with Crippen LogP contribution in [0.25, 0.3) is 0 Å². The molecule has 3 rings (SSSR count). The molecule has 0 radical (unpaired) electrons. The fraction of sp³-hybridized carbons (Fsp3) is 0.857. The smallest absolute Gasteiger partial charge is 0.405 e. The normalized spacial score (nSPS) is 42.0. The van der Waals surface area contributed by atoms with Crippen LogP contribution in [-0.4, -0.2) is 30.3 Å². The Bertz CT molecular complexity index is 489. The standard InChI is InChI=1S/C14H17F3O4/c1-3-6(2)11(18)20-9-7-4-8-10(9)21-12(19)13(8,5-7)14(15,16)17/h6-10H,3-5H2,1-2H3. The number of hydrogen-bond acceptors (Lipinski definition) is 4. The molecule has 6 unspecified atom stereocenters. The van der Waals surface area contributed by atoms with Gasteiger partial charge in [-0.2, -0.15) is 13.2 Å². The number of hydrogen-bond donors (Lipinski definition) is 0. The summed E-state index contributed by atoms with van der Waals surface area (Å²) in [5.74, 6) is -3.30. The van der Waals surface area contributed by atoms with Gasteiger partial charge < -0.3 is 9.47 Å². The molecule has 0 aromatic carbocycles. The number of halogens is 3. The predicted octanol–water partition coefficient (Wildman–Crippen LogP) is 2.46. The number of carbonyl (C=O) groups is 2. The summed E-state index contributed by atoms with van der Waals surface area (Å²) in [6, 6.07) is 0. The van der Waals surface area contributed by atoms with E-state index in [0.717, 1.165) is 0 Å². The van der Waals surface area contributed by atoms with E-state index in [-0.39, 0.29) is 18.8 Å². The molecule has 118 valence electrons. The second-order valence-electron chi connectivity index (χ2n) is 6.36. The summed E-state index contributed by atoms with van der Waals surface area (Å²) in [6.07, 6.45) is -5.77. The highest BCUT2D eigenvalue weighted by atomic mass is 19.4. The van der Waals surface area contributed by atoms with Gasteiger partial charge in [-0.05, 0) is 19.3 Å². The lowest BCUT2D eigenvalue weighted by molar-refractivity contribution is -0.231. The Kier molecular flexibility index (Phi) is 3.05. The molecule has 2 saturated carbocycles. The maximum Gasteiger partial charge on any atom is 0.405 e. The zero-order valence-corrected chi connectivity index (χ0v) is 11.8. The molecule has 1 heterocycles. The molecule has 0 amide bonds. The minimum Gasteiger partial charge on any atom is -0.458 e. The van der Waals surface area contributed by atoms with E-state index < -0.39 is 47.6 Å². The molecule has 0 aromatic rings. The van der Waals surface area contributed by atoms with Crippen molar-refractivity contribution >= 4 is 11.9 Å². The maximum absolute atomic E-state index is 13.3.